The van der Waals surface area contributed by atoms with Crippen molar-refractivity contribution in [3.05, 3.63) is 131 Å². The molecule has 0 saturated carbocycles. The van der Waals surface area contributed by atoms with Gasteiger partial charge in [-0.2, -0.15) is 0 Å². The fourth-order valence-electron chi connectivity index (χ4n) is 10.0. The molecule has 0 aromatic heterocycles. The lowest BCUT2D eigenvalue weighted by Crippen LogP contribution is -3.00. The fraction of sp³-hybridized carbons (Fsp3) is 0.485. The summed E-state index contributed by atoms with van der Waals surface area (Å²) in [6.45, 7) is 21.7. The van der Waals surface area contributed by atoms with Crippen molar-refractivity contribution < 1.29 is 110 Å². The highest BCUT2D eigenvalue weighted by atomic mass is 35.5. The molecule has 0 saturated heterocycles. The number of benzene rings is 1. The van der Waals surface area contributed by atoms with Crippen molar-refractivity contribution in [2.45, 2.75) is 130 Å². The molecule has 27 nitrogen and oxygen atoms in total. The summed E-state index contributed by atoms with van der Waals surface area (Å²) in [5.41, 5.74) is 22.8. The maximum Gasteiger partial charge on any atom is 0.405 e. The minimum absolute atomic E-state index is 0. The highest BCUT2D eigenvalue weighted by Gasteiger charge is 2.35. The van der Waals surface area contributed by atoms with Gasteiger partial charge in [0.1, 0.15) is 18.0 Å². The maximum absolute atomic E-state index is 13.5. The summed E-state index contributed by atoms with van der Waals surface area (Å²) in [7, 11) is 5.88. The van der Waals surface area contributed by atoms with Gasteiger partial charge in [-0.25, -0.2) is 9.59 Å². The van der Waals surface area contributed by atoms with E-state index in [9.17, 15) is 54.0 Å². The van der Waals surface area contributed by atoms with Crippen LogP contribution >= 0.6 is 24.0 Å². The van der Waals surface area contributed by atoms with Crippen LogP contribution in [0.25, 0.3) is 0 Å². The van der Waals surface area contributed by atoms with Crippen LogP contribution in [0.2, 0.25) is 0 Å². The third kappa shape index (κ3) is 30.3. The number of hydrogen-bond acceptors (Lipinski definition) is 22. The van der Waals surface area contributed by atoms with E-state index in [0.717, 1.165) is 6.08 Å². The van der Waals surface area contributed by atoms with Crippen molar-refractivity contribution >= 4 is 82.2 Å². The number of ketones is 2. The average Bonchev–Trinajstić information content (AvgIpc) is 0.842. The highest BCUT2D eigenvalue weighted by Crippen LogP contribution is 2.41. The molecule has 0 spiro atoms. The highest BCUT2D eigenvalue weighted by molar-refractivity contribution is 6.64. The Labute approximate surface area is 579 Å². The number of primary amides is 2. The number of carbonyl (C=O) groups is 8. The number of aliphatic hydroxyl groups is 2. The second-order valence-corrected chi connectivity index (χ2v) is 22.9. The van der Waals surface area contributed by atoms with E-state index in [2.05, 4.69) is 40.6 Å². The van der Waals surface area contributed by atoms with Crippen molar-refractivity contribution in [1.82, 2.24) is 10.6 Å². The Hall–Kier alpha value is -7.51. The number of nitrogens with one attached hydrogen (secondary N) is 3. The molecule has 1 aromatic carbocycles. The minimum atomic E-state index is -1.22. The lowest BCUT2D eigenvalue weighted by molar-refractivity contribution is -0.562. The first-order chi connectivity index (χ1) is 44.2. The van der Waals surface area contributed by atoms with Crippen LogP contribution in [0.1, 0.15) is 80.2 Å². The summed E-state index contributed by atoms with van der Waals surface area (Å²) in [5.74, 6) is -4.64. The van der Waals surface area contributed by atoms with Gasteiger partial charge in [-0.05, 0) is 94.0 Å². The Balaban J connectivity index is 0. The lowest BCUT2D eigenvalue weighted by Gasteiger charge is -2.30. The van der Waals surface area contributed by atoms with Crippen LogP contribution in [0, 0.1) is 23.7 Å². The molecule has 17 N–H and O–H groups in total. The standard InChI is InChI=1S/C31H45N3O8.C31H43N3O8.C2H4ClNO.C2H5NO2.2ClH/c2*1-8-12-33-26-21-13-17(2)14-25(41-7)27(36)19(4)15-20(5)29(42-31(32)39)24(40-6)11-9-10-18(3)30(38)34-22(28(21)37)16-23(26)35;3-2(5)1-4;3-1-2(4)5;;/h8-11,15-17,19,24-25,27,29,33,35-37H,1,12-14H2,2-7H3,(H2,32,39)(H,34,38);8-11,15-17,19,24-25,27,29,33,36H,1,12-14H2,2-7H3,(H2,32,39)(H,34,38);1,4H2;1,3H2,(H,4,5);2*1H/p-1/b2*11-9-,18-10+,20-15+;;;;/t2*17-,19+,24+,25+,27-,29+;;;;/m11..../s1. The molecule has 4 bridgehead atoms. The number of carboxylic acids is 1. The summed E-state index contributed by atoms with van der Waals surface area (Å²) in [5, 5.41) is 63.2. The van der Waals surface area contributed by atoms with Crippen LogP contribution in [-0.4, -0.2) is 171 Å². The number of allylic oxidation sites excluding steroid dienone is 6. The van der Waals surface area contributed by atoms with Crippen LogP contribution in [0.3, 0.4) is 0 Å². The number of aliphatic hydroxyl groups excluding tert-OH is 2. The molecule has 2 heterocycles. The van der Waals surface area contributed by atoms with E-state index in [1.54, 1.807) is 88.5 Å². The van der Waals surface area contributed by atoms with Gasteiger partial charge in [-0.3, -0.25) is 24.0 Å². The molecular weight excluding hydrogens is 1320 g/mol. The van der Waals surface area contributed by atoms with Gasteiger partial charge in [0, 0.05) is 82.2 Å². The molecule has 1 aliphatic carbocycles. The smallest absolute Gasteiger partial charge is 0.405 e. The quantitative estimate of drug-likeness (QED) is 0.0298. The number of carboxylic acid groups (broad SMARTS) is 1. The number of methoxy groups -OCH3 is 4. The zero-order valence-corrected chi connectivity index (χ0v) is 58.7. The van der Waals surface area contributed by atoms with Gasteiger partial charge in [0.2, 0.25) is 16.8 Å². The van der Waals surface area contributed by atoms with E-state index in [0.29, 0.717) is 53.8 Å². The summed E-state index contributed by atoms with van der Waals surface area (Å²) in [6, 6.07) is 1.31. The number of phenolic OH excluding ortho intramolecular Hbond substituents is 2. The van der Waals surface area contributed by atoms with Gasteiger partial charge < -0.3 is 115 Å². The summed E-state index contributed by atoms with van der Waals surface area (Å²) in [4.78, 5) is 94.6. The number of amides is 4. The molecule has 30 heteroatoms. The van der Waals surface area contributed by atoms with E-state index < -0.39 is 107 Å². The number of Topliss-reactive ketones (excluding diaryl/α,β-unsaturated/α-hetero) is 1. The maximum atomic E-state index is 13.5. The Morgan fingerprint density at radius 1 is 0.740 bits per heavy atom. The van der Waals surface area contributed by atoms with E-state index in [1.165, 1.54) is 46.7 Å². The number of hydrogen-bond donors (Lipinski definition) is 12. The number of phenols is 2. The Morgan fingerprint density at radius 2 is 1.18 bits per heavy atom. The van der Waals surface area contributed by atoms with Gasteiger partial charge in [-0.15, -0.1) is 19.0 Å². The van der Waals surface area contributed by atoms with Gasteiger partial charge in [0.15, 0.2) is 23.6 Å². The normalized spacial score (nSPS) is 27.4. The number of carbonyl (C=O) groups excluding carboxylic acids is 8. The van der Waals surface area contributed by atoms with Crippen LogP contribution in [0.4, 0.5) is 21.0 Å². The first-order valence-corrected chi connectivity index (χ1v) is 30.4. The van der Waals surface area contributed by atoms with Gasteiger partial charge in [-0.1, -0.05) is 89.0 Å². The number of aliphatic carboxylic acids is 1. The van der Waals surface area contributed by atoms with Crippen molar-refractivity contribution in [3.8, 4) is 11.5 Å². The number of fused-ring (bicyclic) bond motifs is 4. The summed E-state index contributed by atoms with van der Waals surface area (Å²) < 4.78 is 33.2. The molecule has 4 rings (SSSR count). The van der Waals surface area contributed by atoms with Gasteiger partial charge in [0.05, 0.1) is 66.1 Å². The van der Waals surface area contributed by atoms with Crippen molar-refractivity contribution in [1.29, 1.82) is 0 Å². The molecule has 0 radical (unpaired) electrons. The van der Waals surface area contributed by atoms with Crippen LogP contribution in [0.15, 0.2) is 125 Å². The van der Waals surface area contributed by atoms with Crippen molar-refractivity contribution in [3.63, 3.8) is 0 Å². The number of rotatable bonds is 14. The SMILES string of the molecule is C=CCNC1=C2C[C@@H](C)C[C@H](OC)[C@H](O)[C@@H](C)/C=C(\C)[C@H](OC(N)=O)[C@@H](OC)/C=C\C=C(/C)C(=O)NC(=CC1=O)C2=O.C=CC[NH2+]c1c(O)cc2c(O)c1C[C@@H](C)C[C@H](OC)[C@H](O)[C@@H](C)/C=C(\C)[C@H](OC(N)=O)[C@@H](OC)/C=C\C=C(/C)C(=O)N2.Cl.NCC(=O)Cl.NCC(=O)[O-].[Cl-]. The molecule has 2 aliphatic heterocycles. The third-order valence-corrected chi connectivity index (χ3v) is 15.1. The topological polar surface area (TPSA) is 453 Å². The summed E-state index contributed by atoms with van der Waals surface area (Å²) in [6.07, 6.45) is 10.1. The molecule has 0 fully saturated rings. The number of anilines is 1. The molecule has 96 heavy (non-hydrogen) atoms. The second-order valence-electron chi connectivity index (χ2n) is 22.5. The van der Waals surface area contributed by atoms with Gasteiger partial charge >= 0.3 is 12.2 Å². The zero-order valence-electron chi connectivity index (χ0n) is 56.4. The largest absolute Gasteiger partial charge is 1.00 e. The molecule has 1 aromatic rings. The molecular formula is C66H98Cl3N8O19-. The minimum Gasteiger partial charge on any atom is -1.00 e. The number of halogens is 3. The van der Waals surface area contributed by atoms with E-state index in [1.807, 2.05) is 20.8 Å². The molecule has 4 amide bonds. The van der Waals surface area contributed by atoms with Crippen molar-refractivity contribution in [2.24, 2.45) is 46.6 Å². The predicted molar refractivity (Wildman–Crippen MR) is 359 cm³/mol. The van der Waals surface area contributed by atoms with E-state index >= 15 is 0 Å². The lowest BCUT2D eigenvalue weighted by atomic mass is 9.85. The predicted octanol–water partition coefficient (Wildman–Crippen LogP) is 0.308. The number of quaternary nitrogens is 1. The van der Waals surface area contributed by atoms with Gasteiger partial charge in [0.25, 0.3) is 11.8 Å². The second kappa shape index (κ2) is 46.6. The average molecular weight is 1410 g/mol. The van der Waals surface area contributed by atoms with Crippen LogP contribution < -0.4 is 61.7 Å². The fourth-order valence-corrected chi connectivity index (χ4v) is 10.0. The monoisotopic (exact) mass is 1410 g/mol. The van der Waals surface area contributed by atoms with Crippen LogP contribution in [-0.2, 0) is 63.6 Å². The Bertz CT molecular complexity index is 3060. The van der Waals surface area contributed by atoms with Crippen molar-refractivity contribution in [2.75, 3.05) is 59.9 Å². The summed E-state index contributed by atoms with van der Waals surface area (Å²) >= 11 is 4.70. The van der Waals surface area contributed by atoms with E-state index in [4.69, 9.17) is 61.4 Å². The first kappa shape index (κ1) is 90.5. The zero-order chi connectivity index (χ0) is 71.7. The molecule has 538 valence electrons. The van der Waals surface area contributed by atoms with Crippen LogP contribution in [0.5, 0.6) is 11.5 Å². The Morgan fingerprint density at radius 3 is 1.56 bits per heavy atom. The van der Waals surface area contributed by atoms with E-state index in [-0.39, 0.29) is 102 Å². The number of aromatic hydroxyl groups is 2. The third-order valence-electron chi connectivity index (χ3n) is 14.9. The molecule has 3 aliphatic rings. The molecule has 0 unspecified atom stereocenters. The first-order valence-electron chi connectivity index (χ1n) is 30.0. The number of ether oxygens (including phenoxy) is 6. The molecule has 12 atom stereocenters. The Kier molecular flexibility index (Phi) is 44.0. The number of nitrogens with two attached hydrogens (primary N) is 5.